The number of nitrogens with zero attached hydrogens (tertiary/aromatic N) is 2. The summed E-state index contributed by atoms with van der Waals surface area (Å²) in [5, 5.41) is 9.88. The van der Waals surface area contributed by atoms with Crippen LogP contribution in [0.2, 0.25) is 0 Å². The lowest BCUT2D eigenvalue weighted by atomic mass is 9.98. The fourth-order valence-electron chi connectivity index (χ4n) is 3.96. The molecule has 1 unspecified atom stereocenters. The highest BCUT2D eigenvalue weighted by Gasteiger charge is 2.26. The van der Waals surface area contributed by atoms with Crippen molar-refractivity contribution in [3.05, 3.63) is 71.4 Å². The van der Waals surface area contributed by atoms with Gasteiger partial charge in [-0.3, -0.25) is 13.8 Å². The fraction of sp³-hybridized carbons (Fsp3) is 0.333. The average molecular weight is 510 g/mol. The highest BCUT2D eigenvalue weighted by atomic mass is 32.2. The van der Waals surface area contributed by atoms with Crippen LogP contribution in [0.4, 0.5) is 5.69 Å². The normalized spacial score (nSPS) is 15.6. The molecule has 4 rings (SSSR count). The van der Waals surface area contributed by atoms with E-state index in [0.29, 0.717) is 37.0 Å². The number of benzene rings is 2. The second-order valence-corrected chi connectivity index (χ2v) is 10.6. The molecule has 2 N–H and O–H groups in total. The minimum Gasteiger partial charge on any atom is -0.489 e. The first-order valence-corrected chi connectivity index (χ1v) is 12.8. The summed E-state index contributed by atoms with van der Waals surface area (Å²) < 4.78 is 27.5. The van der Waals surface area contributed by atoms with Gasteiger partial charge in [0, 0.05) is 23.7 Å². The number of aryl methyl sites for hydroxylation is 2. The van der Waals surface area contributed by atoms with Crippen LogP contribution in [-0.2, 0) is 22.6 Å². The van der Waals surface area contributed by atoms with Crippen LogP contribution in [0.3, 0.4) is 0 Å². The van der Waals surface area contributed by atoms with Gasteiger partial charge in [0.05, 0.1) is 17.9 Å². The Morgan fingerprint density at radius 2 is 1.86 bits per heavy atom. The number of ether oxygens (including phenoxy) is 2. The molecule has 0 spiro atoms. The molecule has 36 heavy (non-hydrogen) atoms. The summed E-state index contributed by atoms with van der Waals surface area (Å²) in [6, 6.07) is 17.2. The van der Waals surface area contributed by atoms with E-state index in [4.69, 9.17) is 9.47 Å². The third-order valence-corrected chi connectivity index (χ3v) is 6.91. The Hall–Kier alpha value is -3.43. The van der Waals surface area contributed by atoms with Gasteiger partial charge in [-0.2, -0.15) is 0 Å². The molecule has 2 heterocycles. The summed E-state index contributed by atoms with van der Waals surface area (Å²) in [5.74, 6) is 0.968. The Balaban J connectivity index is 1.42. The highest BCUT2D eigenvalue weighted by molar-refractivity contribution is 7.85. The van der Waals surface area contributed by atoms with Crippen LogP contribution in [0.1, 0.15) is 37.1 Å². The number of carbonyl (C=O) groups is 1. The van der Waals surface area contributed by atoms with E-state index in [1.807, 2.05) is 32.0 Å². The van der Waals surface area contributed by atoms with Gasteiger partial charge >= 0.3 is 0 Å². The molecule has 190 valence electrons. The first-order valence-electron chi connectivity index (χ1n) is 11.7. The molecule has 2 aromatic carbocycles. The van der Waals surface area contributed by atoms with Gasteiger partial charge in [0.15, 0.2) is 0 Å². The topological polar surface area (TPSA) is 101 Å². The van der Waals surface area contributed by atoms with Gasteiger partial charge in [0.1, 0.15) is 18.9 Å². The largest absolute Gasteiger partial charge is 0.489 e. The molecule has 1 amide bonds. The maximum atomic E-state index is 11.9. The van der Waals surface area contributed by atoms with Gasteiger partial charge < -0.3 is 14.6 Å². The third kappa shape index (κ3) is 6.41. The van der Waals surface area contributed by atoms with Gasteiger partial charge in [0.25, 0.3) is 5.91 Å². The number of hydrogen-bond acceptors (Lipinski definition) is 6. The minimum atomic E-state index is -1.54. The molecule has 1 saturated heterocycles. The van der Waals surface area contributed by atoms with E-state index in [1.54, 1.807) is 38.1 Å². The Labute approximate surface area is 214 Å². The van der Waals surface area contributed by atoms with Crippen LogP contribution in [0.15, 0.2) is 54.6 Å². The Morgan fingerprint density at radius 1 is 1.11 bits per heavy atom. The molecule has 1 fully saturated rings. The quantitative estimate of drug-likeness (QED) is 0.452. The van der Waals surface area contributed by atoms with E-state index in [9.17, 15) is 14.1 Å². The Kier molecular flexibility index (Phi) is 7.61. The van der Waals surface area contributed by atoms with Crippen LogP contribution in [-0.4, -0.2) is 39.0 Å². The molecule has 1 aliphatic rings. The van der Waals surface area contributed by atoms with Crippen molar-refractivity contribution >= 4 is 22.8 Å². The highest BCUT2D eigenvalue weighted by Crippen LogP contribution is 2.30. The zero-order chi connectivity index (χ0) is 25.9. The Morgan fingerprint density at radius 3 is 2.50 bits per heavy atom. The SMILES string of the molecule is Cc1cc(OCCC(C)(C)O)nc(C)c1-c1cccc(COc2ccc(N3CC(=O)NS3=O)cc2)c1. The van der Waals surface area contributed by atoms with Crippen LogP contribution >= 0.6 is 0 Å². The summed E-state index contributed by atoms with van der Waals surface area (Å²) >= 11 is -1.54. The molecule has 3 aromatic rings. The monoisotopic (exact) mass is 509 g/mol. The summed E-state index contributed by atoms with van der Waals surface area (Å²) in [6.45, 7) is 8.36. The van der Waals surface area contributed by atoms with E-state index in [0.717, 1.165) is 27.9 Å². The van der Waals surface area contributed by atoms with Crippen molar-refractivity contribution in [3.8, 4) is 22.8 Å². The van der Waals surface area contributed by atoms with E-state index >= 15 is 0 Å². The number of amides is 1. The number of hydrogen-bond donors (Lipinski definition) is 2. The number of nitrogens with one attached hydrogen (secondary N) is 1. The molecular weight excluding hydrogens is 478 g/mol. The number of pyridine rings is 1. The minimum absolute atomic E-state index is 0.0707. The zero-order valence-electron chi connectivity index (χ0n) is 20.9. The maximum absolute atomic E-state index is 11.9. The number of carbonyl (C=O) groups excluding carboxylic acids is 1. The van der Waals surface area contributed by atoms with Crippen LogP contribution in [0.5, 0.6) is 11.6 Å². The summed E-state index contributed by atoms with van der Waals surface area (Å²) in [4.78, 5) is 16.1. The zero-order valence-corrected chi connectivity index (χ0v) is 21.7. The average Bonchev–Trinajstić information content (AvgIpc) is 3.15. The molecule has 1 atom stereocenters. The van der Waals surface area contributed by atoms with E-state index in [1.165, 1.54) is 4.31 Å². The molecular formula is C27H31N3O5S. The van der Waals surface area contributed by atoms with Crippen molar-refractivity contribution in [3.63, 3.8) is 0 Å². The first kappa shape index (κ1) is 25.7. The van der Waals surface area contributed by atoms with Gasteiger partial charge in [-0.1, -0.05) is 18.2 Å². The van der Waals surface area contributed by atoms with E-state index in [-0.39, 0.29) is 12.5 Å². The summed E-state index contributed by atoms with van der Waals surface area (Å²) in [5.41, 5.74) is 4.95. The van der Waals surface area contributed by atoms with Crippen LogP contribution in [0.25, 0.3) is 11.1 Å². The fourth-order valence-corrected chi connectivity index (χ4v) is 4.88. The van der Waals surface area contributed by atoms with Crippen molar-refractivity contribution < 1.29 is 23.6 Å². The summed E-state index contributed by atoms with van der Waals surface area (Å²) in [6.07, 6.45) is 0.522. The van der Waals surface area contributed by atoms with Crippen molar-refractivity contribution in [1.82, 2.24) is 9.71 Å². The molecule has 0 radical (unpaired) electrons. The summed E-state index contributed by atoms with van der Waals surface area (Å²) in [7, 11) is 0. The number of aliphatic hydroxyl groups is 1. The Bertz CT molecular complexity index is 1250. The van der Waals surface area contributed by atoms with E-state index < -0.39 is 16.8 Å². The number of aromatic nitrogens is 1. The third-order valence-electron chi connectivity index (χ3n) is 5.77. The maximum Gasteiger partial charge on any atom is 0.253 e. The standard InChI is InChI=1S/C27H31N3O5S/c1-18-14-25(34-13-12-27(3,4)32)28-19(2)26(18)21-7-5-6-20(15-21)17-35-23-10-8-22(9-11-23)30-16-24(31)29-36(30)33/h5-11,14-15,32H,12-13,16-17H2,1-4H3,(H,29,31). The lowest BCUT2D eigenvalue weighted by molar-refractivity contribution is -0.117. The molecule has 0 saturated carbocycles. The molecule has 0 bridgehead atoms. The second-order valence-electron chi connectivity index (χ2n) is 9.44. The first-order chi connectivity index (χ1) is 17.1. The molecule has 0 aliphatic carbocycles. The van der Waals surface area contributed by atoms with E-state index in [2.05, 4.69) is 21.8 Å². The lowest BCUT2D eigenvalue weighted by Crippen LogP contribution is -2.22. The molecule has 1 aromatic heterocycles. The van der Waals surface area contributed by atoms with Crippen molar-refractivity contribution in [2.24, 2.45) is 0 Å². The van der Waals surface area contributed by atoms with Gasteiger partial charge in [-0.25, -0.2) is 9.19 Å². The molecule has 9 heteroatoms. The van der Waals surface area contributed by atoms with Crippen LogP contribution < -0.4 is 18.5 Å². The van der Waals surface area contributed by atoms with Gasteiger partial charge in [-0.15, -0.1) is 0 Å². The smallest absolute Gasteiger partial charge is 0.253 e. The van der Waals surface area contributed by atoms with Crippen molar-refractivity contribution in [1.29, 1.82) is 0 Å². The number of anilines is 1. The van der Waals surface area contributed by atoms with Gasteiger partial charge in [-0.05, 0) is 74.7 Å². The van der Waals surface area contributed by atoms with Crippen molar-refractivity contribution in [2.45, 2.75) is 46.3 Å². The molecule has 1 aliphatic heterocycles. The second kappa shape index (κ2) is 10.7. The molecule has 8 nitrogen and oxygen atoms in total. The lowest BCUT2D eigenvalue weighted by Gasteiger charge is -2.18. The van der Waals surface area contributed by atoms with Crippen LogP contribution in [0, 0.1) is 13.8 Å². The number of rotatable bonds is 9. The predicted molar refractivity (Wildman–Crippen MR) is 140 cm³/mol. The predicted octanol–water partition coefficient (Wildman–Crippen LogP) is 4.00. The van der Waals surface area contributed by atoms with Gasteiger partial charge in [0.2, 0.25) is 17.1 Å². The van der Waals surface area contributed by atoms with Crippen molar-refractivity contribution in [2.75, 3.05) is 17.5 Å².